The predicted octanol–water partition coefficient (Wildman–Crippen LogP) is -1.58. The van der Waals surface area contributed by atoms with Crippen LogP contribution in [0.2, 0.25) is 0 Å². The molecule has 0 aromatic heterocycles. The largest absolute Gasteiger partial charge is 0.353 e. The van der Waals surface area contributed by atoms with E-state index in [2.05, 4.69) is 5.32 Å². The molecule has 4 amide bonds. The fourth-order valence-electron chi connectivity index (χ4n) is 2.45. The minimum absolute atomic E-state index is 0.136. The van der Waals surface area contributed by atoms with Gasteiger partial charge in [0.1, 0.15) is 6.54 Å². The number of hydrogen-bond donors (Lipinski definition) is 1. The maximum Gasteiger partial charge on any atom is 0.326 e. The van der Waals surface area contributed by atoms with Gasteiger partial charge < -0.3 is 10.2 Å². The van der Waals surface area contributed by atoms with Crippen LogP contribution in [0, 0.1) is 0 Å². The molecule has 10 heteroatoms. The first-order valence-corrected chi connectivity index (χ1v) is 8.72. The van der Waals surface area contributed by atoms with Crippen molar-refractivity contribution >= 4 is 27.9 Å². The summed E-state index contributed by atoms with van der Waals surface area (Å²) in [7, 11) is -1.78. The number of urea groups is 1. The van der Waals surface area contributed by atoms with Crippen molar-refractivity contribution in [1.29, 1.82) is 0 Å². The summed E-state index contributed by atoms with van der Waals surface area (Å²) in [4.78, 5) is 37.2. The molecular weight excluding hydrogens is 312 g/mol. The van der Waals surface area contributed by atoms with E-state index in [-0.39, 0.29) is 50.2 Å². The Morgan fingerprint density at radius 3 is 2.64 bits per heavy atom. The number of carbonyl (C=O) groups excluding carboxylic acids is 3. The zero-order valence-electron chi connectivity index (χ0n) is 12.4. The highest BCUT2D eigenvalue weighted by Crippen LogP contribution is 2.12. The zero-order valence-corrected chi connectivity index (χ0v) is 13.3. The Hall–Kier alpha value is -1.68. The number of nitrogens with one attached hydrogen (secondary N) is 1. The summed E-state index contributed by atoms with van der Waals surface area (Å²) in [6, 6.07) is -0.492. The van der Waals surface area contributed by atoms with E-state index in [0.717, 1.165) is 4.90 Å². The van der Waals surface area contributed by atoms with Crippen LogP contribution < -0.4 is 5.32 Å². The molecule has 2 fully saturated rings. The molecule has 9 nitrogen and oxygen atoms in total. The minimum Gasteiger partial charge on any atom is -0.353 e. The Kier molecular flexibility index (Phi) is 5.01. The molecule has 0 aromatic rings. The van der Waals surface area contributed by atoms with E-state index in [1.165, 1.54) is 16.3 Å². The molecule has 0 unspecified atom stereocenters. The van der Waals surface area contributed by atoms with E-state index in [9.17, 15) is 22.8 Å². The summed E-state index contributed by atoms with van der Waals surface area (Å²) in [5.74, 6) is -0.475. The van der Waals surface area contributed by atoms with Gasteiger partial charge in [-0.3, -0.25) is 14.5 Å². The maximum absolute atomic E-state index is 11.8. The molecular formula is C12H20N4O5S. The average Bonchev–Trinajstić information content (AvgIpc) is 2.79. The second kappa shape index (κ2) is 6.61. The highest BCUT2D eigenvalue weighted by atomic mass is 32.2. The van der Waals surface area contributed by atoms with Crippen LogP contribution in [0.4, 0.5) is 4.79 Å². The Balaban J connectivity index is 1.74. The van der Waals surface area contributed by atoms with Gasteiger partial charge in [0.05, 0.1) is 5.75 Å². The van der Waals surface area contributed by atoms with Crippen LogP contribution >= 0.6 is 0 Å². The third-order valence-corrected chi connectivity index (χ3v) is 5.70. The molecule has 0 spiro atoms. The monoisotopic (exact) mass is 332 g/mol. The molecule has 2 saturated heterocycles. The van der Waals surface area contributed by atoms with Gasteiger partial charge in [0.25, 0.3) is 0 Å². The van der Waals surface area contributed by atoms with Crippen LogP contribution in [0.1, 0.15) is 12.8 Å². The van der Waals surface area contributed by atoms with Crippen LogP contribution in [-0.4, -0.2) is 85.9 Å². The second-order valence-corrected chi connectivity index (χ2v) is 7.41. The van der Waals surface area contributed by atoms with Crippen molar-refractivity contribution in [3.05, 3.63) is 0 Å². The minimum atomic E-state index is -3.16. The van der Waals surface area contributed by atoms with E-state index in [4.69, 9.17) is 0 Å². The lowest BCUT2D eigenvalue weighted by atomic mass is 10.3. The van der Waals surface area contributed by atoms with Gasteiger partial charge in [0.2, 0.25) is 21.8 Å². The number of amides is 4. The van der Waals surface area contributed by atoms with Gasteiger partial charge in [0.15, 0.2) is 0 Å². The van der Waals surface area contributed by atoms with Crippen LogP contribution in [0.25, 0.3) is 0 Å². The van der Waals surface area contributed by atoms with Crippen molar-refractivity contribution < 1.29 is 22.8 Å². The number of sulfonamides is 1. The molecule has 0 radical (unpaired) electrons. The molecule has 124 valence electrons. The standard InChI is InChI=1S/C12H20N4O5S/c1-14-11(18)3-6-15(12(14)19)9-10(17)13-4-7-16-5-2-8-22(16,20)21/h2-9H2,1H3,(H,13,17). The fourth-order valence-corrected chi connectivity index (χ4v) is 3.98. The summed E-state index contributed by atoms with van der Waals surface area (Å²) in [5.41, 5.74) is 0. The Labute approximate surface area is 129 Å². The van der Waals surface area contributed by atoms with Gasteiger partial charge in [-0.15, -0.1) is 0 Å². The van der Waals surface area contributed by atoms with Crippen LogP contribution in [0.15, 0.2) is 0 Å². The van der Waals surface area contributed by atoms with Crippen LogP contribution in [-0.2, 0) is 19.6 Å². The third-order valence-electron chi connectivity index (χ3n) is 3.75. The third kappa shape index (κ3) is 3.74. The first-order valence-electron chi connectivity index (χ1n) is 7.11. The molecule has 2 aliphatic rings. The summed E-state index contributed by atoms with van der Waals surface area (Å²) in [6.07, 6.45) is 0.806. The van der Waals surface area contributed by atoms with E-state index in [1.54, 1.807) is 0 Å². The van der Waals surface area contributed by atoms with E-state index < -0.39 is 16.1 Å². The van der Waals surface area contributed by atoms with Crippen molar-refractivity contribution in [2.24, 2.45) is 0 Å². The van der Waals surface area contributed by atoms with Gasteiger partial charge in [-0.25, -0.2) is 17.5 Å². The van der Waals surface area contributed by atoms with Crippen molar-refractivity contribution in [2.75, 3.05) is 45.5 Å². The number of nitrogens with zero attached hydrogens (tertiary/aromatic N) is 3. The first kappa shape index (κ1) is 16.7. The van der Waals surface area contributed by atoms with Gasteiger partial charge in [-0.2, -0.15) is 0 Å². The lowest BCUT2D eigenvalue weighted by Gasteiger charge is -2.31. The SMILES string of the molecule is CN1C(=O)CCN(CC(=O)NCCN2CCCS2(=O)=O)C1=O. The normalized spacial score (nSPS) is 22.2. The predicted molar refractivity (Wildman–Crippen MR) is 77.3 cm³/mol. The van der Waals surface area contributed by atoms with Gasteiger partial charge in [0, 0.05) is 39.6 Å². The lowest BCUT2D eigenvalue weighted by Crippen LogP contribution is -2.53. The number of carbonyl (C=O) groups is 3. The van der Waals surface area contributed by atoms with Gasteiger partial charge >= 0.3 is 6.03 Å². The number of rotatable bonds is 5. The molecule has 2 heterocycles. The summed E-state index contributed by atoms with van der Waals surface area (Å²) in [5, 5.41) is 2.60. The zero-order chi connectivity index (χ0) is 16.3. The average molecular weight is 332 g/mol. The molecule has 22 heavy (non-hydrogen) atoms. The van der Waals surface area contributed by atoms with Gasteiger partial charge in [-0.05, 0) is 6.42 Å². The molecule has 0 atom stereocenters. The Morgan fingerprint density at radius 2 is 2.00 bits per heavy atom. The van der Waals surface area contributed by atoms with Crippen molar-refractivity contribution in [3.8, 4) is 0 Å². The topological polar surface area (TPSA) is 107 Å². The molecule has 1 N–H and O–H groups in total. The summed E-state index contributed by atoms with van der Waals surface area (Å²) < 4.78 is 24.5. The highest BCUT2D eigenvalue weighted by Gasteiger charge is 2.30. The summed E-state index contributed by atoms with van der Waals surface area (Å²) in [6.45, 7) is 1.00. The number of hydrogen-bond acceptors (Lipinski definition) is 5. The summed E-state index contributed by atoms with van der Waals surface area (Å²) >= 11 is 0. The molecule has 0 aromatic carbocycles. The van der Waals surface area contributed by atoms with E-state index in [0.29, 0.717) is 13.0 Å². The Bertz CT molecular complexity index is 576. The maximum atomic E-state index is 11.8. The fraction of sp³-hybridized carbons (Fsp3) is 0.750. The quantitative estimate of drug-likeness (QED) is 0.654. The Morgan fingerprint density at radius 1 is 1.27 bits per heavy atom. The van der Waals surface area contributed by atoms with Crippen molar-refractivity contribution in [2.45, 2.75) is 12.8 Å². The van der Waals surface area contributed by atoms with Gasteiger partial charge in [-0.1, -0.05) is 0 Å². The van der Waals surface area contributed by atoms with Crippen molar-refractivity contribution in [1.82, 2.24) is 19.4 Å². The molecule has 2 rings (SSSR count). The van der Waals surface area contributed by atoms with Crippen molar-refractivity contribution in [3.63, 3.8) is 0 Å². The lowest BCUT2D eigenvalue weighted by molar-refractivity contribution is -0.131. The number of imide groups is 1. The van der Waals surface area contributed by atoms with E-state index >= 15 is 0 Å². The van der Waals surface area contributed by atoms with Crippen LogP contribution in [0.3, 0.4) is 0 Å². The molecule has 0 aliphatic carbocycles. The van der Waals surface area contributed by atoms with Crippen LogP contribution in [0.5, 0.6) is 0 Å². The second-order valence-electron chi connectivity index (χ2n) is 5.33. The first-order chi connectivity index (χ1) is 10.3. The molecule has 0 bridgehead atoms. The highest BCUT2D eigenvalue weighted by molar-refractivity contribution is 7.89. The molecule has 2 aliphatic heterocycles. The smallest absolute Gasteiger partial charge is 0.326 e. The van der Waals surface area contributed by atoms with E-state index in [1.807, 2.05) is 0 Å². The molecule has 0 saturated carbocycles.